The number of benzene rings is 1. The molecule has 1 saturated heterocycles. The molecular formula is C18H18F3NO2S. The van der Waals surface area contributed by atoms with Crippen molar-refractivity contribution in [2.45, 2.75) is 25.1 Å². The van der Waals surface area contributed by atoms with Gasteiger partial charge in [-0.25, -0.2) is 0 Å². The Balaban J connectivity index is 1.92. The van der Waals surface area contributed by atoms with Crippen molar-refractivity contribution >= 4 is 17.3 Å². The fourth-order valence-electron chi connectivity index (χ4n) is 3.34. The Hall–Kier alpha value is -1.86. The van der Waals surface area contributed by atoms with Crippen molar-refractivity contribution in [2.24, 2.45) is 5.92 Å². The SMILES string of the molecule is O=C(O)C1CCCN(C(c2ccc(C(F)(F)F)cc2)c2ccsc2)C1. The molecule has 2 heterocycles. The maximum absolute atomic E-state index is 12.8. The molecule has 3 rings (SSSR count). The molecule has 1 N–H and O–H groups in total. The summed E-state index contributed by atoms with van der Waals surface area (Å²) in [6.45, 7) is 1.13. The van der Waals surface area contributed by atoms with Crippen LogP contribution in [0.2, 0.25) is 0 Å². The number of hydrogen-bond acceptors (Lipinski definition) is 3. The van der Waals surface area contributed by atoms with Gasteiger partial charge >= 0.3 is 12.1 Å². The number of halogens is 3. The molecule has 2 atom stereocenters. The third kappa shape index (κ3) is 4.04. The summed E-state index contributed by atoms with van der Waals surface area (Å²) in [6, 6.07) is 6.89. The van der Waals surface area contributed by atoms with E-state index >= 15 is 0 Å². The first-order valence-electron chi connectivity index (χ1n) is 8.02. The van der Waals surface area contributed by atoms with Crippen molar-refractivity contribution in [3.8, 4) is 0 Å². The second-order valence-electron chi connectivity index (χ2n) is 6.25. The molecule has 3 nitrogen and oxygen atoms in total. The van der Waals surface area contributed by atoms with E-state index in [1.165, 1.54) is 23.5 Å². The Morgan fingerprint density at radius 1 is 1.20 bits per heavy atom. The highest BCUT2D eigenvalue weighted by Crippen LogP contribution is 2.35. The van der Waals surface area contributed by atoms with Gasteiger partial charge in [0.1, 0.15) is 0 Å². The monoisotopic (exact) mass is 369 g/mol. The highest BCUT2D eigenvalue weighted by Gasteiger charge is 2.33. The minimum Gasteiger partial charge on any atom is -0.481 e. The fourth-order valence-corrected chi connectivity index (χ4v) is 4.02. The van der Waals surface area contributed by atoms with E-state index in [0.29, 0.717) is 13.0 Å². The summed E-state index contributed by atoms with van der Waals surface area (Å²) in [7, 11) is 0. The van der Waals surface area contributed by atoms with Gasteiger partial charge in [-0.2, -0.15) is 24.5 Å². The van der Waals surface area contributed by atoms with Crippen molar-refractivity contribution in [2.75, 3.05) is 13.1 Å². The number of alkyl halides is 3. The highest BCUT2D eigenvalue weighted by molar-refractivity contribution is 7.08. The lowest BCUT2D eigenvalue weighted by molar-refractivity contribution is -0.144. The number of aliphatic carboxylic acids is 1. The third-order valence-electron chi connectivity index (χ3n) is 4.58. The van der Waals surface area contributed by atoms with Gasteiger partial charge in [-0.3, -0.25) is 9.69 Å². The molecule has 1 aromatic carbocycles. The number of likely N-dealkylation sites (tertiary alicyclic amines) is 1. The molecule has 0 saturated carbocycles. The first-order valence-corrected chi connectivity index (χ1v) is 8.96. The van der Waals surface area contributed by atoms with Crippen LogP contribution in [0.3, 0.4) is 0 Å². The second kappa shape index (κ2) is 7.17. The summed E-state index contributed by atoms with van der Waals surface area (Å²) in [5, 5.41) is 13.2. The van der Waals surface area contributed by atoms with E-state index in [2.05, 4.69) is 4.90 Å². The highest BCUT2D eigenvalue weighted by atomic mass is 32.1. The second-order valence-corrected chi connectivity index (χ2v) is 7.03. The Kier molecular flexibility index (Phi) is 5.15. The summed E-state index contributed by atoms with van der Waals surface area (Å²) >= 11 is 1.52. The number of rotatable bonds is 4. The Bertz CT molecular complexity index is 713. The predicted molar refractivity (Wildman–Crippen MR) is 89.5 cm³/mol. The zero-order valence-corrected chi connectivity index (χ0v) is 14.2. The topological polar surface area (TPSA) is 40.5 Å². The van der Waals surface area contributed by atoms with E-state index < -0.39 is 23.6 Å². The van der Waals surface area contributed by atoms with Crippen LogP contribution in [-0.4, -0.2) is 29.1 Å². The summed E-state index contributed by atoms with van der Waals surface area (Å²) in [6.07, 6.45) is -2.97. The summed E-state index contributed by atoms with van der Waals surface area (Å²) in [4.78, 5) is 13.4. The van der Waals surface area contributed by atoms with Crippen molar-refractivity contribution in [3.63, 3.8) is 0 Å². The first kappa shape index (κ1) is 17.9. The van der Waals surface area contributed by atoms with Crippen LogP contribution < -0.4 is 0 Å². The van der Waals surface area contributed by atoms with Crippen LogP contribution in [0.25, 0.3) is 0 Å². The van der Waals surface area contributed by atoms with Gasteiger partial charge in [-0.1, -0.05) is 12.1 Å². The van der Waals surface area contributed by atoms with E-state index in [4.69, 9.17) is 0 Å². The average molecular weight is 369 g/mol. The van der Waals surface area contributed by atoms with Crippen LogP contribution in [-0.2, 0) is 11.0 Å². The Labute approximate surface area is 147 Å². The van der Waals surface area contributed by atoms with Gasteiger partial charge < -0.3 is 5.11 Å². The van der Waals surface area contributed by atoms with Crippen LogP contribution >= 0.6 is 11.3 Å². The smallest absolute Gasteiger partial charge is 0.416 e. The molecule has 0 amide bonds. The molecule has 25 heavy (non-hydrogen) atoms. The average Bonchev–Trinajstić information content (AvgIpc) is 3.09. The van der Waals surface area contributed by atoms with Crippen molar-refractivity contribution < 1.29 is 23.1 Å². The molecule has 1 aliphatic rings. The molecule has 0 radical (unpaired) electrons. The summed E-state index contributed by atoms with van der Waals surface area (Å²) in [5.41, 5.74) is 1.05. The van der Waals surface area contributed by atoms with Crippen LogP contribution in [0.5, 0.6) is 0 Å². The largest absolute Gasteiger partial charge is 0.481 e. The zero-order chi connectivity index (χ0) is 18.0. The lowest BCUT2D eigenvalue weighted by atomic mass is 9.92. The van der Waals surface area contributed by atoms with Crippen molar-refractivity contribution in [1.82, 2.24) is 4.90 Å². The zero-order valence-electron chi connectivity index (χ0n) is 13.4. The van der Waals surface area contributed by atoms with Gasteiger partial charge in [0.2, 0.25) is 0 Å². The Morgan fingerprint density at radius 2 is 1.92 bits per heavy atom. The van der Waals surface area contributed by atoms with Gasteiger partial charge in [-0.05, 0) is 59.5 Å². The summed E-state index contributed by atoms with van der Waals surface area (Å²) in [5.74, 6) is -1.26. The maximum atomic E-state index is 12.8. The van der Waals surface area contributed by atoms with Crippen molar-refractivity contribution in [3.05, 3.63) is 57.8 Å². The number of hydrogen-bond donors (Lipinski definition) is 1. The van der Waals surface area contributed by atoms with Gasteiger partial charge in [0, 0.05) is 6.54 Å². The molecule has 2 aromatic rings. The van der Waals surface area contributed by atoms with Crippen LogP contribution in [0.4, 0.5) is 13.2 Å². The van der Waals surface area contributed by atoms with E-state index in [9.17, 15) is 23.1 Å². The third-order valence-corrected chi connectivity index (χ3v) is 5.28. The van der Waals surface area contributed by atoms with Gasteiger partial charge in [-0.15, -0.1) is 0 Å². The quantitative estimate of drug-likeness (QED) is 0.853. The molecule has 0 bridgehead atoms. The van der Waals surface area contributed by atoms with Crippen LogP contribution in [0.15, 0.2) is 41.1 Å². The Morgan fingerprint density at radius 3 is 2.48 bits per heavy atom. The van der Waals surface area contributed by atoms with Gasteiger partial charge in [0.25, 0.3) is 0 Å². The molecule has 2 unspecified atom stereocenters. The molecule has 134 valence electrons. The lowest BCUT2D eigenvalue weighted by Crippen LogP contribution is -2.41. The minimum atomic E-state index is -4.37. The number of piperidine rings is 1. The van der Waals surface area contributed by atoms with E-state index in [1.54, 1.807) is 0 Å². The number of thiophene rings is 1. The van der Waals surface area contributed by atoms with Crippen LogP contribution in [0, 0.1) is 5.92 Å². The number of carbonyl (C=O) groups is 1. The molecule has 7 heteroatoms. The van der Waals surface area contributed by atoms with Gasteiger partial charge in [0.05, 0.1) is 17.5 Å². The lowest BCUT2D eigenvalue weighted by Gasteiger charge is -2.37. The van der Waals surface area contributed by atoms with E-state index in [0.717, 1.165) is 36.2 Å². The van der Waals surface area contributed by atoms with Crippen LogP contribution in [0.1, 0.15) is 35.6 Å². The van der Waals surface area contributed by atoms with E-state index in [-0.39, 0.29) is 6.04 Å². The summed E-state index contributed by atoms with van der Waals surface area (Å²) < 4.78 is 38.4. The molecule has 1 fully saturated rings. The predicted octanol–water partition coefficient (Wildman–Crippen LogP) is 4.65. The maximum Gasteiger partial charge on any atom is 0.416 e. The number of carboxylic acids is 1. The molecule has 0 spiro atoms. The number of nitrogens with zero attached hydrogens (tertiary/aromatic N) is 1. The fraction of sp³-hybridized carbons (Fsp3) is 0.389. The standard InChI is InChI=1S/C18H18F3NO2S/c19-18(20,21)15-5-3-12(4-6-15)16(14-7-9-25-11-14)22-8-1-2-13(10-22)17(23)24/h3-7,9,11,13,16H,1-2,8,10H2,(H,23,24). The minimum absolute atomic E-state index is 0.226. The normalized spacial score (nSPS) is 20.4. The number of carboxylic acid groups (broad SMARTS) is 1. The molecule has 0 aliphatic carbocycles. The molecule has 1 aromatic heterocycles. The van der Waals surface area contributed by atoms with Gasteiger partial charge in [0.15, 0.2) is 0 Å². The molecular weight excluding hydrogens is 351 g/mol. The van der Waals surface area contributed by atoms with Crippen molar-refractivity contribution in [1.29, 1.82) is 0 Å². The van der Waals surface area contributed by atoms with E-state index in [1.807, 2.05) is 16.8 Å². The first-order chi connectivity index (χ1) is 11.9. The molecule has 1 aliphatic heterocycles.